The number of hydrogen-bond acceptors (Lipinski definition) is 3. The molecule has 1 aliphatic rings. The fourth-order valence-corrected chi connectivity index (χ4v) is 2.62. The second-order valence-electron chi connectivity index (χ2n) is 5.06. The quantitative estimate of drug-likeness (QED) is 0.748. The largest absolute Gasteiger partial charge is 0.383 e. The van der Waals surface area contributed by atoms with Gasteiger partial charge >= 0.3 is 6.03 Å². The van der Waals surface area contributed by atoms with Crippen LogP contribution in [0.15, 0.2) is 0 Å². The number of urea groups is 1. The summed E-state index contributed by atoms with van der Waals surface area (Å²) in [6.07, 6.45) is 1.06. The minimum Gasteiger partial charge on any atom is -0.383 e. The van der Waals surface area contributed by atoms with Crippen molar-refractivity contribution in [2.45, 2.75) is 26.3 Å². The molecule has 106 valence electrons. The Balaban J connectivity index is 2.41. The van der Waals surface area contributed by atoms with Crippen LogP contribution in [-0.2, 0) is 4.74 Å². The van der Waals surface area contributed by atoms with Gasteiger partial charge in [-0.3, -0.25) is 0 Å². The van der Waals surface area contributed by atoms with Crippen LogP contribution in [0.5, 0.6) is 0 Å². The first-order valence-electron chi connectivity index (χ1n) is 6.82. The Hall–Kier alpha value is -0.810. The van der Waals surface area contributed by atoms with Crippen LogP contribution in [0, 0.1) is 5.92 Å². The number of piperidine rings is 1. The average Bonchev–Trinajstić information content (AvgIpc) is 2.38. The van der Waals surface area contributed by atoms with E-state index in [4.69, 9.17) is 4.74 Å². The van der Waals surface area contributed by atoms with E-state index in [1.54, 1.807) is 7.11 Å². The van der Waals surface area contributed by atoms with Crippen molar-refractivity contribution >= 4 is 6.03 Å². The van der Waals surface area contributed by atoms with Crippen LogP contribution < -0.4 is 5.32 Å². The number of ether oxygens (including phenoxy) is 1. The molecule has 0 unspecified atom stereocenters. The van der Waals surface area contributed by atoms with Crippen LogP contribution in [0.2, 0.25) is 0 Å². The van der Waals surface area contributed by atoms with Gasteiger partial charge in [-0.15, -0.1) is 0 Å². The molecule has 0 aliphatic carbocycles. The van der Waals surface area contributed by atoms with Crippen molar-refractivity contribution in [3.8, 4) is 0 Å². The zero-order valence-corrected chi connectivity index (χ0v) is 12.1. The molecule has 1 aliphatic heterocycles. The van der Waals surface area contributed by atoms with E-state index >= 15 is 0 Å². The summed E-state index contributed by atoms with van der Waals surface area (Å²) in [5.74, 6) is 0.525. The molecule has 5 nitrogen and oxygen atoms in total. The highest BCUT2D eigenvalue weighted by Gasteiger charge is 2.30. The molecule has 0 aromatic heterocycles. The molecule has 2 atom stereocenters. The smallest absolute Gasteiger partial charge is 0.317 e. The highest BCUT2D eigenvalue weighted by atomic mass is 16.5. The Kier molecular flexibility index (Phi) is 6.43. The van der Waals surface area contributed by atoms with Crippen molar-refractivity contribution in [1.29, 1.82) is 0 Å². The molecule has 1 heterocycles. The first-order valence-corrected chi connectivity index (χ1v) is 6.82. The van der Waals surface area contributed by atoms with Gasteiger partial charge in [0, 0.05) is 39.8 Å². The zero-order chi connectivity index (χ0) is 13.5. The van der Waals surface area contributed by atoms with Gasteiger partial charge in [0.05, 0.1) is 6.61 Å². The molecule has 0 saturated carbocycles. The standard InChI is InChI=1S/C13H27N3O2/c1-5-16-8-6-12(11(2)10-16)15(3)13(17)14-7-9-18-4/h11-12H,5-10H2,1-4H3,(H,14,17)/t11-,12-/m1/s1. The third-order valence-corrected chi connectivity index (χ3v) is 3.79. The lowest BCUT2D eigenvalue weighted by Crippen LogP contribution is -2.53. The second-order valence-corrected chi connectivity index (χ2v) is 5.06. The summed E-state index contributed by atoms with van der Waals surface area (Å²) in [6, 6.07) is 0.351. The minimum atomic E-state index is 0.00819. The summed E-state index contributed by atoms with van der Waals surface area (Å²) in [5.41, 5.74) is 0. The number of nitrogens with one attached hydrogen (secondary N) is 1. The number of amides is 2. The van der Waals surface area contributed by atoms with Crippen molar-refractivity contribution in [3.05, 3.63) is 0 Å². The minimum absolute atomic E-state index is 0.00819. The van der Waals surface area contributed by atoms with Crippen molar-refractivity contribution in [1.82, 2.24) is 15.1 Å². The van der Waals surface area contributed by atoms with Gasteiger partial charge in [0.15, 0.2) is 0 Å². The van der Waals surface area contributed by atoms with Crippen LogP contribution in [0.25, 0.3) is 0 Å². The predicted molar refractivity (Wildman–Crippen MR) is 72.7 cm³/mol. The fourth-order valence-electron chi connectivity index (χ4n) is 2.62. The average molecular weight is 257 g/mol. The summed E-state index contributed by atoms with van der Waals surface area (Å²) in [6.45, 7) is 8.81. The molecule has 1 saturated heterocycles. The SMILES string of the molecule is CCN1CC[C@@H](N(C)C(=O)NCCOC)[C@H](C)C1. The first-order chi connectivity index (χ1) is 8.60. The topological polar surface area (TPSA) is 44.8 Å². The number of methoxy groups -OCH3 is 1. The van der Waals surface area contributed by atoms with Crippen molar-refractivity contribution in [2.75, 3.05) is 46.9 Å². The molecule has 5 heteroatoms. The summed E-state index contributed by atoms with van der Waals surface area (Å²) >= 11 is 0. The number of hydrogen-bond donors (Lipinski definition) is 1. The molecule has 0 aromatic carbocycles. The highest BCUT2D eigenvalue weighted by molar-refractivity contribution is 5.74. The second kappa shape index (κ2) is 7.59. The number of carbonyl (C=O) groups is 1. The monoisotopic (exact) mass is 257 g/mol. The molecule has 0 bridgehead atoms. The summed E-state index contributed by atoms with van der Waals surface area (Å²) in [7, 11) is 3.53. The van der Waals surface area contributed by atoms with Gasteiger partial charge in [-0.05, 0) is 18.9 Å². The lowest BCUT2D eigenvalue weighted by molar-refractivity contribution is 0.0952. The van der Waals surface area contributed by atoms with Gasteiger partial charge in [0.2, 0.25) is 0 Å². The molecular formula is C13H27N3O2. The summed E-state index contributed by atoms with van der Waals surface area (Å²) < 4.78 is 4.93. The summed E-state index contributed by atoms with van der Waals surface area (Å²) in [4.78, 5) is 16.3. The molecular weight excluding hydrogens is 230 g/mol. The van der Waals surface area contributed by atoms with Gasteiger partial charge in [0.25, 0.3) is 0 Å². The molecule has 1 fully saturated rings. The lowest BCUT2D eigenvalue weighted by Gasteiger charge is -2.40. The van der Waals surface area contributed by atoms with Gasteiger partial charge < -0.3 is 19.9 Å². The van der Waals surface area contributed by atoms with Crippen LogP contribution >= 0.6 is 0 Å². The number of nitrogens with zero attached hydrogens (tertiary/aromatic N) is 2. The molecule has 2 amide bonds. The maximum Gasteiger partial charge on any atom is 0.317 e. The van der Waals surface area contributed by atoms with E-state index in [-0.39, 0.29) is 6.03 Å². The maximum absolute atomic E-state index is 12.0. The Bertz CT molecular complexity index is 261. The number of rotatable bonds is 5. The highest BCUT2D eigenvalue weighted by Crippen LogP contribution is 2.20. The van der Waals surface area contributed by atoms with Crippen molar-refractivity contribution < 1.29 is 9.53 Å². The van der Waals surface area contributed by atoms with E-state index in [0.717, 1.165) is 26.1 Å². The van der Waals surface area contributed by atoms with Crippen LogP contribution in [0.4, 0.5) is 4.79 Å². The van der Waals surface area contributed by atoms with Crippen molar-refractivity contribution in [2.24, 2.45) is 5.92 Å². The predicted octanol–water partition coefficient (Wildman–Crippen LogP) is 1.00. The third kappa shape index (κ3) is 4.14. The van der Waals surface area contributed by atoms with E-state index in [2.05, 4.69) is 24.1 Å². The van der Waals surface area contributed by atoms with Crippen LogP contribution in [0.1, 0.15) is 20.3 Å². The van der Waals surface area contributed by atoms with Crippen molar-refractivity contribution in [3.63, 3.8) is 0 Å². The van der Waals surface area contributed by atoms with Gasteiger partial charge in [-0.25, -0.2) is 4.79 Å². The Morgan fingerprint density at radius 2 is 2.28 bits per heavy atom. The molecule has 0 spiro atoms. The zero-order valence-electron chi connectivity index (χ0n) is 12.1. The number of carbonyl (C=O) groups excluding carboxylic acids is 1. The fraction of sp³-hybridized carbons (Fsp3) is 0.923. The number of likely N-dealkylation sites (tertiary alicyclic amines) is 1. The van der Waals surface area contributed by atoms with Gasteiger partial charge in [-0.2, -0.15) is 0 Å². The molecule has 0 aromatic rings. The Morgan fingerprint density at radius 1 is 1.56 bits per heavy atom. The third-order valence-electron chi connectivity index (χ3n) is 3.79. The van der Waals surface area contributed by atoms with E-state index in [0.29, 0.717) is 25.1 Å². The van der Waals surface area contributed by atoms with Gasteiger partial charge in [-0.1, -0.05) is 13.8 Å². The molecule has 18 heavy (non-hydrogen) atoms. The van der Waals surface area contributed by atoms with E-state index in [9.17, 15) is 4.79 Å². The van der Waals surface area contributed by atoms with E-state index < -0.39 is 0 Å². The Morgan fingerprint density at radius 3 is 2.83 bits per heavy atom. The van der Waals surface area contributed by atoms with Crippen LogP contribution in [-0.4, -0.2) is 68.8 Å². The van der Waals surface area contributed by atoms with Crippen LogP contribution in [0.3, 0.4) is 0 Å². The van der Waals surface area contributed by atoms with E-state index in [1.807, 2.05) is 11.9 Å². The molecule has 1 rings (SSSR count). The van der Waals surface area contributed by atoms with E-state index in [1.165, 1.54) is 0 Å². The summed E-state index contributed by atoms with van der Waals surface area (Å²) in [5, 5.41) is 2.87. The first kappa shape index (κ1) is 15.2. The van der Waals surface area contributed by atoms with Gasteiger partial charge in [0.1, 0.15) is 0 Å². The lowest BCUT2D eigenvalue weighted by atomic mass is 9.93. The maximum atomic E-state index is 12.0. The molecule has 1 N–H and O–H groups in total. The Labute approximate surface area is 110 Å². The molecule has 0 radical (unpaired) electrons. The normalized spacial score (nSPS) is 24.9.